The van der Waals surface area contributed by atoms with Crippen LogP contribution in [0.2, 0.25) is 0 Å². The van der Waals surface area contributed by atoms with E-state index in [2.05, 4.69) is 12.2 Å². The van der Waals surface area contributed by atoms with E-state index >= 15 is 0 Å². The summed E-state index contributed by atoms with van der Waals surface area (Å²) in [5.74, 6) is -0.714. The predicted octanol–water partition coefficient (Wildman–Crippen LogP) is 2.27. The number of benzene rings is 2. The van der Waals surface area contributed by atoms with Crippen molar-refractivity contribution in [3.05, 3.63) is 48.0 Å². The Morgan fingerprint density at radius 3 is 2.50 bits per heavy atom. The van der Waals surface area contributed by atoms with Crippen molar-refractivity contribution in [2.24, 2.45) is 5.92 Å². The van der Waals surface area contributed by atoms with Crippen LogP contribution < -0.4 is 15.0 Å². The highest BCUT2D eigenvalue weighted by atomic mass is 32.2. The number of morpholine rings is 1. The van der Waals surface area contributed by atoms with E-state index < -0.39 is 15.9 Å². The molecule has 0 aliphatic carbocycles. The minimum atomic E-state index is -3.74. The van der Waals surface area contributed by atoms with Crippen molar-refractivity contribution in [1.29, 1.82) is 0 Å². The molecule has 2 fully saturated rings. The number of ether oxygens (including phenoxy) is 2. The molecule has 34 heavy (non-hydrogen) atoms. The zero-order valence-electron chi connectivity index (χ0n) is 19.3. The van der Waals surface area contributed by atoms with Crippen molar-refractivity contribution < 1.29 is 27.5 Å². The fraction of sp³-hybridized carbons (Fsp3) is 0.417. The summed E-state index contributed by atoms with van der Waals surface area (Å²) < 4.78 is 38.0. The number of carbonyl (C=O) groups is 2. The van der Waals surface area contributed by atoms with Crippen LogP contribution in [0.1, 0.15) is 18.9 Å². The second kappa shape index (κ2) is 10.1. The van der Waals surface area contributed by atoms with Crippen LogP contribution in [0.4, 0.5) is 11.4 Å². The maximum atomic E-state index is 13.0. The normalized spacial score (nSPS) is 19.3. The molecule has 182 valence electrons. The summed E-state index contributed by atoms with van der Waals surface area (Å²) in [6, 6.07) is 12.1. The molecule has 0 aromatic heterocycles. The molecule has 0 radical (unpaired) electrons. The third-order valence-corrected chi connectivity index (χ3v) is 8.08. The van der Waals surface area contributed by atoms with Crippen LogP contribution in [-0.2, 0) is 30.8 Å². The molecule has 0 spiro atoms. The molecule has 0 saturated carbocycles. The average Bonchev–Trinajstić information content (AvgIpc) is 3.26. The molecule has 1 unspecified atom stereocenters. The van der Waals surface area contributed by atoms with E-state index in [1.54, 1.807) is 4.90 Å². The zero-order valence-corrected chi connectivity index (χ0v) is 20.1. The van der Waals surface area contributed by atoms with Gasteiger partial charge in [0.2, 0.25) is 21.8 Å². The number of carbonyl (C=O) groups excluding carboxylic acids is 2. The van der Waals surface area contributed by atoms with Crippen molar-refractivity contribution >= 4 is 33.2 Å². The summed E-state index contributed by atoms with van der Waals surface area (Å²) >= 11 is 0. The fourth-order valence-electron chi connectivity index (χ4n) is 4.16. The Morgan fingerprint density at radius 1 is 1.15 bits per heavy atom. The van der Waals surface area contributed by atoms with Gasteiger partial charge < -0.3 is 19.7 Å². The van der Waals surface area contributed by atoms with E-state index in [1.807, 2.05) is 24.3 Å². The monoisotopic (exact) mass is 487 g/mol. The Morgan fingerprint density at radius 2 is 1.85 bits per heavy atom. The summed E-state index contributed by atoms with van der Waals surface area (Å²) in [5, 5.41) is 2.78. The molecule has 2 amide bonds. The Hall–Kier alpha value is -2.95. The average molecular weight is 488 g/mol. The Balaban J connectivity index is 1.51. The molecule has 2 saturated heterocycles. The van der Waals surface area contributed by atoms with Gasteiger partial charge in [0, 0.05) is 31.7 Å². The van der Waals surface area contributed by atoms with Gasteiger partial charge in [-0.25, -0.2) is 8.42 Å². The van der Waals surface area contributed by atoms with Gasteiger partial charge in [-0.2, -0.15) is 4.31 Å². The molecule has 0 bridgehead atoms. The number of aryl methyl sites for hydroxylation is 1. The largest absolute Gasteiger partial charge is 0.495 e. The predicted molar refractivity (Wildman–Crippen MR) is 127 cm³/mol. The highest BCUT2D eigenvalue weighted by Gasteiger charge is 2.36. The standard InChI is InChI=1S/C24H29N3O6S/c1-3-17-4-6-19(7-5-17)27-16-18(14-23(27)28)24(29)25-21-15-20(8-9-22(21)32-2)34(30,31)26-10-12-33-13-11-26/h4-9,15,18H,3,10-14,16H2,1-2H3,(H,25,29). The third kappa shape index (κ3) is 4.94. The van der Waals surface area contributed by atoms with Gasteiger partial charge in [-0.05, 0) is 42.3 Å². The summed E-state index contributed by atoms with van der Waals surface area (Å²) in [5.41, 5.74) is 2.18. The van der Waals surface area contributed by atoms with Gasteiger partial charge in [0.05, 0.1) is 36.8 Å². The Bertz CT molecular complexity index is 1160. The van der Waals surface area contributed by atoms with Crippen molar-refractivity contribution in [1.82, 2.24) is 4.31 Å². The second-order valence-corrected chi connectivity index (χ2v) is 10.2. The number of hydrogen-bond donors (Lipinski definition) is 1. The molecule has 2 aromatic rings. The lowest BCUT2D eigenvalue weighted by Crippen LogP contribution is -2.40. The molecule has 10 heteroatoms. The van der Waals surface area contributed by atoms with Gasteiger partial charge in [-0.3, -0.25) is 9.59 Å². The zero-order chi connectivity index (χ0) is 24.3. The highest BCUT2D eigenvalue weighted by molar-refractivity contribution is 7.89. The number of methoxy groups -OCH3 is 1. The quantitative estimate of drug-likeness (QED) is 0.642. The summed E-state index contributed by atoms with van der Waals surface area (Å²) in [4.78, 5) is 27.3. The number of nitrogens with zero attached hydrogens (tertiary/aromatic N) is 2. The molecule has 4 rings (SSSR count). The molecule has 2 heterocycles. The lowest BCUT2D eigenvalue weighted by atomic mass is 10.1. The number of anilines is 2. The molecular weight excluding hydrogens is 458 g/mol. The van der Waals surface area contributed by atoms with Crippen LogP contribution in [-0.4, -0.2) is 64.5 Å². The summed E-state index contributed by atoms with van der Waals surface area (Å²) in [6.45, 7) is 3.54. The molecule has 2 aromatic carbocycles. The van der Waals surface area contributed by atoms with Crippen LogP contribution in [0.5, 0.6) is 5.75 Å². The van der Waals surface area contributed by atoms with Gasteiger partial charge in [-0.15, -0.1) is 0 Å². The van der Waals surface area contributed by atoms with Gasteiger partial charge >= 0.3 is 0 Å². The lowest BCUT2D eigenvalue weighted by molar-refractivity contribution is -0.122. The van der Waals surface area contributed by atoms with Crippen LogP contribution in [0.25, 0.3) is 0 Å². The molecule has 2 aliphatic heterocycles. The summed E-state index contributed by atoms with van der Waals surface area (Å²) in [7, 11) is -2.29. The van der Waals surface area contributed by atoms with E-state index in [9.17, 15) is 18.0 Å². The first kappa shape index (κ1) is 24.2. The van der Waals surface area contributed by atoms with E-state index in [4.69, 9.17) is 9.47 Å². The van der Waals surface area contributed by atoms with Gasteiger partial charge in [-0.1, -0.05) is 19.1 Å². The van der Waals surface area contributed by atoms with Gasteiger partial charge in [0.1, 0.15) is 5.75 Å². The third-order valence-electron chi connectivity index (χ3n) is 6.19. The first-order chi connectivity index (χ1) is 16.3. The first-order valence-corrected chi connectivity index (χ1v) is 12.7. The Kier molecular flexibility index (Phi) is 7.20. The lowest BCUT2D eigenvalue weighted by Gasteiger charge is -2.26. The first-order valence-electron chi connectivity index (χ1n) is 11.3. The van der Waals surface area contributed by atoms with Crippen LogP contribution >= 0.6 is 0 Å². The van der Waals surface area contributed by atoms with Crippen LogP contribution in [0.15, 0.2) is 47.4 Å². The van der Waals surface area contributed by atoms with Crippen LogP contribution in [0, 0.1) is 5.92 Å². The molecule has 2 aliphatic rings. The van der Waals surface area contributed by atoms with E-state index in [0.717, 1.165) is 12.1 Å². The Labute approximate surface area is 199 Å². The van der Waals surface area contributed by atoms with Gasteiger partial charge in [0.15, 0.2) is 0 Å². The number of nitrogens with one attached hydrogen (secondary N) is 1. The maximum absolute atomic E-state index is 13.0. The van der Waals surface area contributed by atoms with E-state index in [0.29, 0.717) is 19.0 Å². The van der Waals surface area contributed by atoms with Gasteiger partial charge in [0.25, 0.3) is 0 Å². The topological polar surface area (TPSA) is 105 Å². The number of rotatable bonds is 7. The highest BCUT2D eigenvalue weighted by Crippen LogP contribution is 2.31. The number of amides is 2. The SMILES string of the molecule is CCc1ccc(N2CC(C(=O)Nc3cc(S(=O)(=O)N4CCOCC4)ccc3OC)CC2=O)cc1. The molecule has 1 atom stereocenters. The maximum Gasteiger partial charge on any atom is 0.243 e. The second-order valence-electron chi connectivity index (χ2n) is 8.29. The number of sulfonamides is 1. The van der Waals surface area contributed by atoms with Crippen LogP contribution in [0.3, 0.4) is 0 Å². The molecule has 1 N–H and O–H groups in total. The van der Waals surface area contributed by atoms with E-state index in [1.165, 1.54) is 35.2 Å². The van der Waals surface area contributed by atoms with E-state index in [-0.39, 0.29) is 48.5 Å². The van der Waals surface area contributed by atoms with Crippen molar-refractivity contribution in [3.63, 3.8) is 0 Å². The summed E-state index contributed by atoms with van der Waals surface area (Å²) in [6.07, 6.45) is 0.983. The van der Waals surface area contributed by atoms with Crippen molar-refractivity contribution in [2.45, 2.75) is 24.7 Å². The smallest absolute Gasteiger partial charge is 0.243 e. The minimum absolute atomic E-state index is 0.0608. The fourth-order valence-corrected chi connectivity index (χ4v) is 5.60. The number of hydrogen-bond acceptors (Lipinski definition) is 6. The minimum Gasteiger partial charge on any atom is -0.495 e. The molecular formula is C24H29N3O6S. The van der Waals surface area contributed by atoms with Crippen molar-refractivity contribution in [3.8, 4) is 5.75 Å². The van der Waals surface area contributed by atoms with Crippen molar-refractivity contribution in [2.75, 3.05) is 50.2 Å². The molecule has 9 nitrogen and oxygen atoms in total.